The second-order valence-electron chi connectivity index (χ2n) is 6.91. The van der Waals surface area contributed by atoms with Crippen molar-refractivity contribution in [2.45, 2.75) is 25.9 Å². The van der Waals surface area contributed by atoms with Crippen LogP contribution in [0.4, 0.5) is 0 Å². The first-order valence-corrected chi connectivity index (χ1v) is 9.50. The molecule has 0 spiro atoms. The fourth-order valence-electron chi connectivity index (χ4n) is 3.20. The van der Waals surface area contributed by atoms with Crippen LogP contribution in [0.1, 0.15) is 28.6 Å². The third-order valence-corrected chi connectivity index (χ3v) is 4.76. The summed E-state index contributed by atoms with van der Waals surface area (Å²) in [5, 5.41) is 7.70. The van der Waals surface area contributed by atoms with Crippen LogP contribution < -0.4 is 5.32 Å². The van der Waals surface area contributed by atoms with E-state index in [1.165, 1.54) is 16.7 Å². The summed E-state index contributed by atoms with van der Waals surface area (Å²) in [4.78, 5) is 4.54. The van der Waals surface area contributed by atoms with Crippen molar-refractivity contribution in [1.82, 2.24) is 15.5 Å². The van der Waals surface area contributed by atoms with Crippen molar-refractivity contribution < 1.29 is 4.52 Å². The molecule has 4 heteroatoms. The molecular formula is C24H23N3O. The van der Waals surface area contributed by atoms with Crippen LogP contribution >= 0.6 is 0 Å². The minimum atomic E-state index is 0.165. The molecule has 0 aliphatic heterocycles. The van der Waals surface area contributed by atoms with Crippen molar-refractivity contribution in [3.63, 3.8) is 0 Å². The van der Waals surface area contributed by atoms with Crippen LogP contribution in [0.15, 0.2) is 89.5 Å². The van der Waals surface area contributed by atoms with Gasteiger partial charge in [-0.15, -0.1) is 0 Å². The van der Waals surface area contributed by atoms with E-state index in [1.807, 2.05) is 24.3 Å². The average Bonchev–Trinajstić information content (AvgIpc) is 3.22. The first-order valence-electron chi connectivity index (χ1n) is 9.50. The third-order valence-electron chi connectivity index (χ3n) is 4.76. The van der Waals surface area contributed by atoms with Crippen LogP contribution in [-0.4, -0.2) is 10.1 Å². The summed E-state index contributed by atoms with van der Waals surface area (Å²) < 4.78 is 5.46. The van der Waals surface area contributed by atoms with E-state index in [0.717, 1.165) is 12.0 Å². The monoisotopic (exact) mass is 369 g/mol. The quantitative estimate of drug-likeness (QED) is 0.491. The smallest absolute Gasteiger partial charge is 0.240 e. The maximum Gasteiger partial charge on any atom is 0.240 e. The highest BCUT2D eigenvalue weighted by Gasteiger charge is 2.14. The lowest BCUT2D eigenvalue weighted by Crippen LogP contribution is -2.23. The van der Waals surface area contributed by atoms with Gasteiger partial charge in [0, 0.05) is 11.6 Å². The predicted octanol–water partition coefficient (Wildman–Crippen LogP) is 5.12. The van der Waals surface area contributed by atoms with E-state index in [0.29, 0.717) is 18.3 Å². The Morgan fingerprint density at radius 2 is 1.54 bits per heavy atom. The molecule has 4 nitrogen and oxygen atoms in total. The summed E-state index contributed by atoms with van der Waals surface area (Å²) in [5.41, 5.74) is 4.70. The molecule has 0 unspecified atom stereocenters. The molecule has 0 aliphatic carbocycles. The molecule has 4 aromatic rings. The van der Waals surface area contributed by atoms with Crippen molar-refractivity contribution in [3.05, 3.63) is 108 Å². The van der Waals surface area contributed by atoms with E-state index in [-0.39, 0.29) is 6.04 Å². The van der Waals surface area contributed by atoms with E-state index in [1.54, 1.807) is 0 Å². The average molecular weight is 369 g/mol. The van der Waals surface area contributed by atoms with Gasteiger partial charge in [-0.3, -0.25) is 0 Å². The summed E-state index contributed by atoms with van der Waals surface area (Å²) in [5.74, 6) is 1.21. The largest absolute Gasteiger partial charge is 0.338 e. The van der Waals surface area contributed by atoms with Gasteiger partial charge in [0.25, 0.3) is 0 Å². The standard InChI is InChI=1S/C24H23N3O/c1-18-12-14-21(15-13-18)24-26-23(28-27-24)17-25-22(20-10-6-3-7-11-20)16-19-8-4-2-5-9-19/h2-15,22,25H,16-17H2,1H3/t22-/m0/s1. The van der Waals surface area contributed by atoms with Gasteiger partial charge in [0.05, 0.1) is 6.54 Å². The summed E-state index contributed by atoms with van der Waals surface area (Å²) in [6.07, 6.45) is 0.893. The molecule has 0 saturated carbocycles. The third kappa shape index (κ3) is 4.53. The molecule has 1 aromatic heterocycles. The molecule has 0 radical (unpaired) electrons. The Morgan fingerprint density at radius 3 is 2.25 bits per heavy atom. The van der Waals surface area contributed by atoms with Crippen molar-refractivity contribution in [3.8, 4) is 11.4 Å². The second-order valence-corrected chi connectivity index (χ2v) is 6.91. The zero-order valence-corrected chi connectivity index (χ0v) is 15.9. The van der Waals surface area contributed by atoms with Gasteiger partial charge in [-0.2, -0.15) is 4.98 Å². The predicted molar refractivity (Wildman–Crippen MR) is 111 cm³/mol. The lowest BCUT2D eigenvalue weighted by Gasteiger charge is -2.18. The van der Waals surface area contributed by atoms with Crippen molar-refractivity contribution >= 4 is 0 Å². The molecule has 0 amide bonds. The molecule has 1 heterocycles. The first kappa shape index (κ1) is 18.1. The molecule has 1 N–H and O–H groups in total. The Labute approximate surface area is 165 Å². The molecule has 0 aliphatic rings. The highest BCUT2D eigenvalue weighted by molar-refractivity contribution is 5.54. The van der Waals surface area contributed by atoms with Gasteiger partial charge < -0.3 is 9.84 Å². The number of benzene rings is 3. The Morgan fingerprint density at radius 1 is 0.857 bits per heavy atom. The number of aromatic nitrogens is 2. The fourth-order valence-corrected chi connectivity index (χ4v) is 3.20. The topological polar surface area (TPSA) is 51.0 Å². The van der Waals surface area contributed by atoms with Crippen LogP contribution in [0.5, 0.6) is 0 Å². The van der Waals surface area contributed by atoms with Crippen molar-refractivity contribution in [1.29, 1.82) is 0 Å². The lowest BCUT2D eigenvalue weighted by atomic mass is 9.99. The highest BCUT2D eigenvalue weighted by Crippen LogP contribution is 2.20. The number of aryl methyl sites for hydroxylation is 1. The Balaban J connectivity index is 1.48. The van der Waals surface area contributed by atoms with Crippen molar-refractivity contribution in [2.75, 3.05) is 0 Å². The summed E-state index contributed by atoms with van der Waals surface area (Å²) >= 11 is 0. The Hall–Kier alpha value is -3.24. The molecular weight excluding hydrogens is 346 g/mol. The van der Waals surface area contributed by atoms with Crippen LogP contribution in [-0.2, 0) is 13.0 Å². The van der Waals surface area contributed by atoms with E-state index in [4.69, 9.17) is 4.52 Å². The maximum atomic E-state index is 5.46. The van der Waals surface area contributed by atoms with E-state index in [9.17, 15) is 0 Å². The van der Waals surface area contributed by atoms with E-state index in [2.05, 4.69) is 83.0 Å². The minimum Gasteiger partial charge on any atom is -0.338 e. The van der Waals surface area contributed by atoms with E-state index < -0.39 is 0 Å². The van der Waals surface area contributed by atoms with Crippen molar-refractivity contribution in [2.24, 2.45) is 0 Å². The molecule has 4 rings (SSSR count). The van der Waals surface area contributed by atoms with Crippen LogP contribution in [0, 0.1) is 6.92 Å². The van der Waals surface area contributed by atoms with Crippen LogP contribution in [0.3, 0.4) is 0 Å². The number of hydrogen-bond acceptors (Lipinski definition) is 4. The molecule has 0 saturated heterocycles. The van der Waals surface area contributed by atoms with Gasteiger partial charge >= 0.3 is 0 Å². The number of nitrogens with one attached hydrogen (secondary N) is 1. The molecule has 140 valence electrons. The van der Waals surface area contributed by atoms with Gasteiger partial charge in [0.15, 0.2) is 0 Å². The summed E-state index contributed by atoms with van der Waals surface area (Å²) in [6.45, 7) is 2.58. The van der Waals surface area contributed by atoms with Crippen LogP contribution in [0.25, 0.3) is 11.4 Å². The van der Waals surface area contributed by atoms with Gasteiger partial charge in [-0.05, 0) is 24.5 Å². The van der Waals surface area contributed by atoms with Gasteiger partial charge in [-0.1, -0.05) is 95.6 Å². The summed E-state index contributed by atoms with van der Waals surface area (Å²) in [7, 11) is 0. The Bertz CT molecular complexity index is 995. The zero-order valence-electron chi connectivity index (χ0n) is 15.9. The SMILES string of the molecule is Cc1ccc(-c2noc(CN[C@@H](Cc3ccccc3)c3ccccc3)n2)cc1. The lowest BCUT2D eigenvalue weighted by molar-refractivity contribution is 0.357. The highest BCUT2D eigenvalue weighted by atomic mass is 16.5. The number of nitrogens with zero attached hydrogens (tertiary/aromatic N) is 2. The number of rotatable bonds is 7. The van der Waals surface area contributed by atoms with Crippen LogP contribution in [0.2, 0.25) is 0 Å². The van der Waals surface area contributed by atoms with E-state index >= 15 is 0 Å². The first-order chi connectivity index (χ1) is 13.8. The zero-order chi connectivity index (χ0) is 19.2. The maximum absolute atomic E-state index is 5.46. The van der Waals surface area contributed by atoms with Gasteiger partial charge in [-0.25, -0.2) is 0 Å². The molecule has 0 fully saturated rings. The molecule has 28 heavy (non-hydrogen) atoms. The Kier molecular flexibility index (Phi) is 5.59. The fraction of sp³-hybridized carbons (Fsp3) is 0.167. The minimum absolute atomic E-state index is 0.165. The summed E-state index contributed by atoms with van der Waals surface area (Å²) in [6, 6.07) is 29.2. The molecule has 1 atom stereocenters. The normalized spacial score (nSPS) is 12.0. The van der Waals surface area contributed by atoms with Gasteiger partial charge in [0.1, 0.15) is 0 Å². The molecule has 3 aromatic carbocycles. The number of hydrogen-bond donors (Lipinski definition) is 1. The second kappa shape index (κ2) is 8.63. The molecule has 0 bridgehead atoms. The van der Waals surface area contributed by atoms with Gasteiger partial charge in [0.2, 0.25) is 11.7 Å².